The van der Waals surface area contributed by atoms with Gasteiger partial charge in [-0.15, -0.1) is 0 Å². The summed E-state index contributed by atoms with van der Waals surface area (Å²) >= 11 is -0.222. The van der Waals surface area contributed by atoms with Crippen LogP contribution in [0, 0.1) is 29.5 Å². The van der Waals surface area contributed by atoms with Gasteiger partial charge in [0.1, 0.15) is 30.7 Å². The molecule has 1 aliphatic rings. The van der Waals surface area contributed by atoms with Crippen LogP contribution in [0.3, 0.4) is 0 Å². The summed E-state index contributed by atoms with van der Waals surface area (Å²) < 4.78 is 20.2. The highest BCUT2D eigenvalue weighted by atomic mass is 127. The molecule has 0 heterocycles. The van der Waals surface area contributed by atoms with Crippen molar-refractivity contribution in [2.24, 2.45) is 10.8 Å². The third kappa shape index (κ3) is 16.8. The first-order chi connectivity index (χ1) is 34.1. The molecule has 70 heavy (non-hydrogen) atoms. The maximum atomic E-state index is 13.0. The first-order valence-corrected chi connectivity index (χ1v) is 28.1. The minimum Gasteiger partial charge on any atom is -0.490 e. The maximum absolute atomic E-state index is 13.0. The van der Waals surface area contributed by atoms with E-state index in [1.807, 2.05) is 18.4 Å². The smallest absolute Gasteiger partial charge is 0.407 e. The molecule has 1 amide bonds. The number of alkyl carbamates (subject to hydrolysis) is 1. The van der Waals surface area contributed by atoms with Crippen molar-refractivity contribution in [2.75, 3.05) is 13.2 Å². The first kappa shape index (κ1) is 53.8. The lowest BCUT2D eigenvalue weighted by molar-refractivity contribution is -0.597. The van der Waals surface area contributed by atoms with Crippen molar-refractivity contribution in [1.82, 2.24) is 5.32 Å². The zero-order valence-electron chi connectivity index (χ0n) is 42.2. The van der Waals surface area contributed by atoms with E-state index in [1.165, 1.54) is 80.4 Å². The summed E-state index contributed by atoms with van der Waals surface area (Å²) in [5, 5.41) is 12.1. The quantitative estimate of drug-likeness (QED) is 0.0283. The van der Waals surface area contributed by atoms with Crippen LogP contribution in [-0.4, -0.2) is 37.6 Å². The van der Waals surface area contributed by atoms with Crippen LogP contribution >= 0.6 is 0 Å². The van der Waals surface area contributed by atoms with E-state index in [1.54, 1.807) is 0 Å². The average molecular weight is 1050 g/mol. The van der Waals surface area contributed by atoms with Crippen LogP contribution in [0.5, 0.6) is 5.75 Å². The van der Waals surface area contributed by atoms with Gasteiger partial charge in [0.25, 0.3) is 6.26 Å². The second-order valence-corrected chi connectivity index (χ2v) is 23.4. The molecule has 0 radical (unpaired) electrons. The van der Waals surface area contributed by atoms with E-state index in [9.17, 15) is 4.79 Å². The Labute approximate surface area is 431 Å². The van der Waals surface area contributed by atoms with Gasteiger partial charge in [0.2, 0.25) is 0 Å². The largest absolute Gasteiger partial charge is 0.490 e. The number of benzene rings is 6. The number of carbonyl (C=O) groups excluding carboxylic acids is 1. The molecular formula is C62H76BIN2O4. The Kier molecular flexibility index (Phi) is 21.8. The van der Waals surface area contributed by atoms with E-state index in [2.05, 4.69) is 197 Å². The second-order valence-electron chi connectivity index (χ2n) is 20.4. The van der Waals surface area contributed by atoms with Gasteiger partial charge in [-0.25, -0.2) is 4.79 Å². The number of hydrogen-bond acceptors (Lipinski definition) is 5. The SMILES string of the molecule is CCCCCCCCCCCCC(COc1ccc([I+]c2ccccc2)cc1)OC(=O)NCC1(C)CC(OC#N)CC(C)(C)C1.c1ccc([B-](c2ccccc2)(c2ccccc2)c2ccccc2)cc1. The number of unbranched alkanes of at least 4 members (excludes halogenated alkanes) is 9. The molecule has 3 atom stereocenters. The topological polar surface area (TPSA) is 80.6 Å². The van der Waals surface area contributed by atoms with Crippen LogP contribution in [0.1, 0.15) is 118 Å². The van der Waals surface area contributed by atoms with E-state index in [-0.39, 0.29) is 44.2 Å². The summed E-state index contributed by atoms with van der Waals surface area (Å²) in [5.74, 6) is 0.799. The summed E-state index contributed by atoms with van der Waals surface area (Å²) in [5.41, 5.74) is 5.22. The Bertz CT molecular complexity index is 2250. The maximum Gasteiger partial charge on any atom is 0.407 e. The summed E-state index contributed by atoms with van der Waals surface area (Å²) in [4.78, 5) is 13.0. The Balaban J connectivity index is 0.000000268. The number of nitrogens with zero attached hydrogens (tertiary/aromatic N) is 1. The van der Waals surface area contributed by atoms with Gasteiger partial charge < -0.3 is 19.5 Å². The number of ether oxygens (including phenoxy) is 3. The van der Waals surface area contributed by atoms with Gasteiger partial charge in [0.05, 0.1) is 0 Å². The van der Waals surface area contributed by atoms with E-state index in [4.69, 9.17) is 19.5 Å². The zero-order chi connectivity index (χ0) is 49.3. The Morgan fingerprint density at radius 1 is 0.629 bits per heavy atom. The Morgan fingerprint density at radius 2 is 1.07 bits per heavy atom. The molecular weight excluding hydrogens is 974 g/mol. The molecule has 1 N–H and O–H groups in total. The van der Waals surface area contributed by atoms with Crippen LogP contribution in [-0.2, 0) is 9.47 Å². The zero-order valence-corrected chi connectivity index (χ0v) is 44.4. The van der Waals surface area contributed by atoms with Gasteiger partial charge in [-0.2, -0.15) is 27.1 Å². The van der Waals surface area contributed by atoms with Crippen molar-refractivity contribution >= 4 is 34.1 Å². The molecule has 7 rings (SSSR count). The number of halogens is 1. The number of nitriles is 1. The normalized spacial score (nSPS) is 16.6. The van der Waals surface area contributed by atoms with Crippen molar-refractivity contribution in [2.45, 2.75) is 130 Å². The number of amides is 1. The van der Waals surface area contributed by atoms with Crippen molar-refractivity contribution in [3.8, 4) is 12.0 Å². The lowest BCUT2D eigenvalue weighted by Crippen LogP contribution is -3.61. The fourth-order valence-corrected chi connectivity index (χ4v) is 13.1. The highest BCUT2D eigenvalue weighted by molar-refractivity contribution is 7.19. The third-order valence-corrected chi connectivity index (χ3v) is 16.5. The minimum atomic E-state index is -1.22. The van der Waals surface area contributed by atoms with Crippen LogP contribution in [0.2, 0.25) is 0 Å². The summed E-state index contributed by atoms with van der Waals surface area (Å²) in [6.45, 7) is 9.64. The molecule has 1 aliphatic carbocycles. The van der Waals surface area contributed by atoms with E-state index in [0.717, 1.165) is 44.3 Å². The monoisotopic (exact) mass is 1050 g/mol. The molecule has 0 saturated heterocycles. The molecule has 0 spiro atoms. The van der Waals surface area contributed by atoms with Crippen molar-refractivity contribution in [1.29, 1.82) is 5.26 Å². The molecule has 0 aliphatic heterocycles. The van der Waals surface area contributed by atoms with Crippen LogP contribution in [0.25, 0.3) is 0 Å². The molecule has 368 valence electrons. The first-order valence-electron chi connectivity index (χ1n) is 25.9. The van der Waals surface area contributed by atoms with Gasteiger partial charge >= 0.3 is 27.3 Å². The van der Waals surface area contributed by atoms with E-state index in [0.29, 0.717) is 13.2 Å². The Hall–Kier alpha value is -5.53. The molecule has 0 aromatic heterocycles. The molecule has 0 bridgehead atoms. The van der Waals surface area contributed by atoms with E-state index < -0.39 is 12.2 Å². The Morgan fingerprint density at radius 3 is 1.54 bits per heavy atom. The van der Waals surface area contributed by atoms with Gasteiger partial charge in [0, 0.05) is 6.54 Å². The molecule has 6 aromatic carbocycles. The van der Waals surface area contributed by atoms with Gasteiger partial charge in [0.15, 0.2) is 7.14 Å². The molecule has 6 aromatic rings. The number of carbonyl (C=O) groups is 1. The molecule has 1 fully saturated rings. The molecule has 1 saturated carbocycles. The minimum absolute atomic E-state index is 0.0323. The van der Waals surface area contributed by atoms with E-state index >= 15 is 0 Å². The fraction of sp³-hybridized carbons (Fsp3) is 0.387. The number of rotatable bonds is 24. The fourth-order valence-electron chi connectivity index (χ4n) is 10.9. The van der Waals surface area contributed by atoms with Crippen LogP contribution in [0.15, 0.2) is 176 Å². The summed E-state index contributed by atoms with van der Waals surface area (Å²) in [6, 6.07) is 62.5. The van der Waals surface area contributed by atoms with Crippen LogP contribution < -0.4 is 53.1 Å². The van der Waals surface area contributed by atoms with Crippen molar-refractivity contribution in [3.05, 3.63) is 183 Å². The number of nitrogens with one attached hydrogen (secondary N) is 1. The second kappa shape index (κ2) is 28.4. The highest BCUT2D eigenvalue weighted by Crippen LogP contribution is 2.46. The van der Waals surface area contributed by atoms with Crippen molar-refractivity contribution < 1.29 is 40.2 Å². The molecule has 8 heteroatoms. The average Bonchev–Trinajstić information content (AvgIpc) is 3.37. The van der Waals surface area contributed by atoms with Crippen LogP contribution in [0.4, 0.5) is 4.79 Å². The third-order valence-electron chi connectivity index (χ3n) is 13.8. The number of hydrogen-bond donors (Lipinski definition) is 1. The summed E-state index contributed by atoms with van der Waals surface area (Å²) in [6.07, 6.45) is 15.8. The highest BCUT2D eigenvalue weighted by Gasteiger charge is 2.42. The van der Waals surface area contributed by atoms with Gasteiger partial charge in [-0.05, 0) is 79.3 Å². The predicted molar refractivity (Wildman–Crippen MR) is 287 cm³/mol. The van der Waals surface area contributed by atoms with Crippen molar-refractivity contribution in [3.63, 3.8) is 0 Å². The lowest BCUT2D eigenvalue weighted by Gasteiger charge is -2.45. The van der Waals surface area contributed by atoms with Gasteiger partial charge in [-0.1, -0.05) is 225 Å². The lowest BCUT2D eigenvalue weighted by atomic mass is 9.13. The molecule has 3 unspecified atom stereocenters. The molecule has 6 nitrogen and oxygen atoms in total. The standard InChI is InChI=1S/C38H55IN2O4.C24H20B/c1-5-6-7-8-9-10-11-12-13-17-20-34(27-43-33-23-21-32(22-24-33)39-31-18-15-14-16-19-31)45-36(42)41-29-38(4)26-35(44-30-40)25-37(2,3)28-38;1-5-13-21(14-6-1)25(22-15-7-2-8-16-22,23-17-9-3-10-18-23)24-19-11-4-12-20-24/h14-16,18-19,21-24,34-35H,5-13,17,20,25-29H2,1-4H3;1-20H/q;-1/p+1. The van der Waals surface area contributed by atoms with Gasteiger partial charge in [-0.3, -0.25) is 0 Å². The predicted octanol–water partition coefficient (Wildman–Crippen LogP) is 9.75. The summed E-state index contributed by atoms with van der Waals surface area (Å²) in [7, 11) is 0.